The van der Waals surface area contributed by atoms with E-state index in [1.807, 2.05) is 6.92 Å². The van der Waals surface area contributed by atoms with Gasteiger partial charge in [0.05, 0.1) is 4.90 Å². The van der Waals surface area contributed by atoms with Gasteiger partial charge in [0, 0.05) is 18.7 Å². The van der Waals surface area contributed by atoms with Gasteiger partial charge in [-0.2, -0.15) is 4.72 Å². The van der Waals surface area contributed by atoms with Crippen molar-refractivity contribution in [2.75, 3.05) is 11.4 Å². The summed E-state index contributed by atoms with van der Waals surface area (Å²) in [7, 11) is -3.92. The molecule has 0 spiro atoms. The summed E-state index contributed by atoms with van der Waals surface area (Å²) in [6.07, 6.45) is 2.93. The number of nitrogens with one attached hydrogen (secondary N) is 1. The van der Waals surface area contributed by atoms with Crippen molar-refractivity contribution in [3.8, 4) is 0 Å². The van der Waals surface area contributed by atoms with Gasteiger partial charge < -0.3 is 10.0 Å². The molecule has 1 heterocycles. The van der Waals surface area contributed by atoms with Crippen LogP contribution in [0.15, 0.2) is 29.2 Å². The molecule has 1 fully saturated rings. The van der Waals surface area contributed by atoms with Gasteiger partial charge in [0.1, 0.15) is 6.04 Å². The molecular weight excluding hydrogens is 332 g/mol. The van der Waals surface area contributed by atoms with E-state index >= 15 is 0 Å². The maximum Gasteiger partial charge on any atom is 0.321 e. The smallest absolute Gasteiger partial charge is 0.321 e. The molecule has 132 valence electrons. The number of unbranched alkanes of at least 4 members (excludes halogenated alkanes) is 1. The second kappa shape index (κ2) is 7.76. The van der Waals surface area contributed by atoms with E-state index < -0.39 is 22.0 Å². The number of hydrogen-bond acceptors (Lipinski definition) is 4. The van der Waals surface area contributed by atoms with Crippen molar-refractivity contribution in [1.29, 1.82) is 0 Å². The molecule has 1 aromatic rings. The molecule has 1 amide bonds. The molecule has 1 atom stereocenters. The van der Waals surface area contributed by atoms with Gasteiger partial charge in [-0.15, -0.1) is 0 Å². The maximum atomic E-state index is 12.4. The average molecular weight is 354 g/mol. The Morgan fingerprint density at radius 1 is 1.33 bits per heavy atom. The highest BCUT2D eigenvalue weighted by atomic mass is 32.2. The van der Waals surface area contributed by atoms with Gasteiger partial charge >= 0.3 is 5.97 Å². The first kappa shape index (κ1) is 18.4. The molecule has 1 aromatic carbocycles. The maximum absolute atomic E-state index is 12.4. The molecule has 1 aliphatic heterocycles. The summed E-state index contributed by atoms with van der Waals surface area (Å²) >= 11 is 0. The van der Waals surface area contributed by atoms with Crippen molar-refractivity contribution in [3.63, 3.8) is 0 Å². The molecule has 0 aliphatic carbocycles. The van der Waals surface area contributed by atoms with Crippen LogP contribution in [-0.4, -0.2) is 38.0 Å². The van der Waals surface area contributed by atoms with E-state index in [2.05, 4.69) is 4.72 Å². The lowest BCUT2D eigenvalue weighted by Gasteiger charge is -2.17. The van der Waals surface area contributed by atoms with Crippen LogP contribution in [0.1, 0.15) is 39.0 Å². The Bertz CT molecular complexity index is 700. The van der Waals surface area contributed by atoms with E-state index in [4.69, 9.17) is 5.11 Å². The predicted molar refractivity (Wildman–Crippen MR) is 89.3 cm³/mol. The van der Waals surface area contributed by atoms with Crippen LogP contribution in [0.4, 0.5) is 5.69 Å². The van der Waals surface area contributed by atoms with Crippen LogP contribution in [0, 0.1) is 0 Å². The van der Waals surface area contributed by atoms with Crippen molar-refractivity contribution in [2.45, 2.75) is 50.0 Å². The van der Waals surface area contributed by atoms with Crippen LogP contribution in [0.5, 0.6) is 0 Å². The largest absolute Gasteiger partial charge is 0.480 e. The molecular formula is C16H22N2O5S. The predicted octanol–water partition coefficient (Wildman–Crippen LogP) is 1.74. The molecule has 2 N–H and O–H groups in total. The fraction of sp³-hybridized carbons (Fsp3) is 0.500. The Morgan fingerprint density at radius 2 is 2.00 bits per heavy atom. The van der Waals surface area contributed by atoms with Gasteiger partial charge in [-0.1, -0.05) is 19.8 Å². The fourth-order valence-electron chi connectivity index (χ4n) is 2.62. The summed E-state index contributed by atoms with van der Waals surface area (Å²) in [5.74, 6) is -1.17. The first-order valence-electron chi connectivity index (χ1n) is 8.00. The quantitative estimate of drug-likeness (QED) is 0.740. The number of carboxylic acid groups (broad SMARTS) is 1. The number of aliphatic carboxylic acids is 1. The number of carbonyl (C=O) groups is 2. The first-order chi connectivity index (χ1) is 11.3. The number of carboxylic acids is 1. The number of benzene rings is 1. The highest BCUT2D eigenvalue weighted by Crippen LogP contribution is 2.23. The van der Waals surface area contributed by atoms with E-state index in [-0.39, 0.29) is 17.2 Å². The first-order valence-corrected chi connectivity index (χ1v) is 9.49. The lowest BCUT2D eigenvalue weighted by molar-refractivity contribution is -0.139. The minimum absolute atomic E-state index is 0.0133. The molecule has 0 saturated carbocycles. The van der Waals surface area contributed by atoms with E-state index in [1.54, 1.807) is 17.0 Å². The molecule has 2 rings (SSSR count). The highest BCUT2D eigenvalue weighted by Gasteiger charge is 2.26. The second-order valence-corrected chi connectivity index (χ2v) is 7.51. The third-order valence-corrected chi connectivity index (χ3v) is 5.46. The lowest BCUT2D eigenvalue weighted by Crippen LogP contribution is -2.40. The van der Waals surface area contributed by atoms with Crippen LogP contribution in [-0.2, 0) is 19.6 Å². The summed E-state index contributed by atoms with van der Waals surface area (Å²) in [5, 5.41) is 9.16. The van der Waals surface area contributed by atoms with Crippen molar-refractivity contribution >= 4 is 27.6 Å². The molecule has 8 heteroatoms. The molecule has 7 nitrogen and oxygen atoms in total. The summed E-state index contributed by atoms with van der Waals surface area (Å²) in [4.78, 5) is 24.5. The van der Waals surface area contributed by atoms with E-state index in [9.17, 15) is 18.0 Å². The SMILES string of the molecule is CCCC[C@@H](NS(=O)(=O)c1ccc(N2CCCC2=O)cc1)C(=O)O. The van der Waals surface area contributed by atoms with Crippen LogP contribution < -0.4 is 9.62 Å². The number of anilines is 1. The molecule has 0 unspecified atom stereocenters. The standard InChI is InChI=1S/C16H22N2O5S/c1-2-3-5-14(16(20)21)17-24(22,23)13-9-7-12(8-10-13)18-11-4-6-15(18)19/h7-10,14,17H,2-6,11H2,1H3,(H,20,21)/t14-/m1/s1. The van der Waals surface area contributed by atoms with Gasteiger partial charge in [-0.3, -0.25) is 9.59 Å². The number of nitrogens with zero attached hydrogens (tertiary/aromatic N) is 1. The molecule has 0 bridgehead atoms. The third-order valence-electron chi connectivity index (χ3n) is 3.97. The number of sulfonamides is 1. The van der Waals surface area contributed by atoms with E-state index in [0.717, 1.165) is 12.8 Å². The van der Waals surface area contributed by atoms with Gasteiger partial charge in [0.25, 0.3) is 0 Å². The average Bonchev–Trinajstić information content (AvgIpc) is 2.97. The minimum atomic E-state index is -3.92. The monoisotopic (exact) mass is 354 g/mol. The second-order valence-electron chi connectivity index (χ2n) is 5.80. The zero-order valence-electron chi connectivity index (χ0n) is 13.6. The summed E-state index contributed by atoms with van der Waals surface area (Å²) in [6, 6.07) is 4.78. The third kappa shape index (κ3) is 4.33. The van der Waals surface area contributed by atoms with Crippen molar-refractivity contribution in [1.82, 2.24) is 4.72 Å². The zero-order chi connectivity index (χ0) is 17.7. The topological polar surface area (TPSA) is 104 Å². The Kier molecular flexibility index (Phi) is 5.95. The number of hydrogen-bond donors (Lipinski definition) is 2. The van der Waals surface area contributed by atoms with Gasteiger partial charge in [0.15, 0.2) is 0 Å². The zero-order valence-corrected chi connectivity index (χ0v) is 14.4. The van der Waals surface area contributed by atoms with E-state index in [1.165, 1.54) is 12.1 Å². The fourth-order valence-corrected chi connectivity index (χ4v) is 3.85. The Morgan fingerprint density at radius 3 is 2.50 bits per heavy atom. The van der Waals surface area contributed by atoms with Gasteiger partial charge in [0.2, 0.25) is 15.9 Å². The van der Waals surface area contributed by atoms with Gasteiger partial charge in [-0.25, -0.2) is 8.42 Å². The van der Waals surface area contributed by atoms with Crippen molar-refractivity contribution in [2.24, 2.45) is 0 Å². The number of amides is 1. The van der Waals surface area contributed by atoms with Gasteiger partial charge in [-0.05, 0) is 37.1 Å². The highest BCUT2D eigenvalue weighted by molar-refractivity contribution is 7.89. The normalized spacial score (nSPS) is 16.4. The van der Waals surface area contributed by atoms with Crippen molar-refractivity contribution < 1.29 is 23.1 Å². The summed E-state index contributed by atoms with van der Waals surface area (Å²) < 4.78 is 26.9. The van der Waals surface area contributed by atoms with Crippen LogP contribution in [0.3, 0.4) is 0 Å². The van der Waals surface area contributed by atoms with Crippen molar-refractivity contribution in [3.05, 3.63) is 24.3 Å². The summed E-state index contributed by atoms with van der Waals surface area (Å²) in [5.41, 5.74) is 0.650. The molecule has 1 aliphatic rings. The Balaban J connectivity index is 2.13. The molecule has 0 aromatic heterocycles. The number of carbonyl (C=O) groups excluding carboxylic acids is 1. The Labute approximate surface area is 141 Å². The number of rotatable bonds is 8. The van der Waals surface area contributed by atoms with Crippen LogP contribution >= 0.6 is 0 Å². The van der Waals surface area contributed by atoms with Crippen LogP contribution in [0.2, 0.25) is 0 Å². The molecule has 24 heavy (non-hydrogen) atoms. The molecule has 1 saturated heterocycles. The Hall–Kier alpha value is -1.93. The van der Waals surface area contributed by atoms with E-state index in [0.29, 0.717) is 25.1 Å². The molecule has 0 radical (unpaired) electrons. The van der Waals surface area contributed by atoms with Crippen LogP contribution in [0.25, 0.3) is 0 Å². The summed E-state index contributed by atoms with van der Waals surface area (Å²) in [6.45, 7) is 2.53. The minimum Gasteiger partial charge on any atom is -0.480 e. The lowest BCUT2D eigenvalue weighted by atomic mass is 10.1.